The summed E-state index contributed by atoms with van der Waals surface area (Å²) in [5.41, 5.74) is 4.27. The molecule has 1 aromatic carbocycles. The third-order valence-electron chi connectivity index (χ3n) is 5.80. The van der Waals surface area contributed by atoms with Gasteiger partial charge in [0.05, 0.1) is 17.0 Å². The number of aromatic nitrogens is 2. The maximum Gasteiger partial charge on any atom is 0.157 e. The summed E-state index contributed by atoms with van der Waals surface area (Å²) in [5, 5.41) is 3.29. The van der Waals surface area contributed by atoms with Crippen LogP contribution in [-0.2, 0) is 5.54 Å². The molecule has 2 aromatic heterocycles. The topological polar surface area (TPSA) is 117 Å². The summed E-state index contributed by atoms with van der Waals surface area (Å²) in [6.07, 6.45) is 2.32. The molecule has 1 aliphatic heterocycles. The van der Waals surface area contributed by atoms with Crippen LogP contribution in [0.3, 0.4) is 0 Å². The fraction of sp³-hybridized carbons (Fsp3) is 0.286. The predicted molar refractivity (Wildman–Crippen MR) is 125 cm³/mol. The molecule has 0 radical (unpaired) electrons. The zero-order valence-electron chi connectivity index (χ0n) is 17.6. The molecule has 1 aliphatic rings. The van der Waals surface area contributed by atoms with Crippen molar-refractivity contribution in [3.63, 3.8) is 0 Å². The zero-order chi connectivity index (χ0) is 24.2. The largest absolute Gasteiger partial charge is 0.386 e. The predicted octanol–water partition coefficient (Wildman–Crippen LogP) is 5.37. The Bertz CT molecular complexity index is 1290. The molecule has 7 nitrogen and oxygen atoms in total. The number of benzene rings is 1. The number of rotatable bonds is 4. The molecule has 0 amide bonds. The minimum atomic E-state index is -3.46. The van der Waals surface area contributed by atoms with Crippen molar-refractivity contribution in [2.45, 2.75) is 24.1 Å². The molecule has 5 N–H and O–H groups in total. The number of alkyl halides is 1. The van der Waals surface area contributed by atoms with Crippen molar-refractivity contribution in [3.8, 4) is 0 Å². The Labute approximate surface area is 194 Å². The number of nitrogens with two attached hydrogens (primary N) is 1. The lowest BCUT2D eigenvalue weighted by atomic mass is 9.92. The average Bonchev–Trinajstić information content (AvgIpc) is 2.75. The van der Waals surface area contributed by atoms with Crippen LogP contribution in [0.2, 0.25) is 5.02 Å². The lowest BCUT2D eigenvalue weighted by Gasteiger charge is -2.53. The number of amidine groups is 1. The van der Waals surface area contributed by atoms with Crippen LogP contribution in [-0.4, -0.2) is 42.1 Å². The molecule has 12 heteroatoms. The van der Waals surface area contributed by atoms with Crippen LogP contribution < -0.4 is 11.1 Å². The molecule has 1 atom stereocenters. The third-order valence-corrected chi connectivity index (χ3v) is 8.73. The van der Waals surface area contributed by atoms with Crippen LogP contribution in [0.5, 0.6) is 0 Å². The van der Waals surface area contributed by atoms with E-state index < -0.39 is 44.9 Å². The van der Waals surface area contributed by atoms with Crippen molar-refractivity contribution in [1.29, 1.82) is 0 Å². The maximum absolute atomic E-state index is 14.9. The summed E-state index contributed by atoms with van der Waals surface area (Å²) < 4.78 is 63.5. The van der Waals surface area contributed by atoms with E-state index in [1.54, 1.807) is 0 Å². The van der Waals surface area contributed by atoms with Gasteiger partial charge in [0.1, 0.15) is 34.1 Å². The van der Waals surface area contributed by atoms with Gasteiger partial charge in [-0.1, -0.05) is 11.6 Å². The second-order valence-corrected chi connectivity index (χ2v) is 11.4. The van der Waals surface area contributed by atoms with Crippen molar-refractivity contribution in [1.82, 2.24) is 9.97 Å². The monoisotopic (exact) mass is 499 g/mol. The Kier molecular flexibility index (Phi) is 5.72. The van der Waals surface area contributed by atoms with E-state index in [1.807, 2.05) is 0 Å². The van der Waals surface area contributed by atoms with Crippen LogP contribution in [0.4, 0.5) is 24.7 Å². The highest BCUT2D eigenvalue weighted by Crippen LogP contribution is 2.59. The van der Waals surface area contributed by atoms with Crippen LogP contribution in [0.1, 0.15) is 19.4 Å². The van der Waals surface area contributed by atoms with E-state index in [0.717, 1.165) is 12.3 Å². The minimum Gasteiger partial charge on any atom is -0.386 e. The van der Waals surface area contributed by atoms with Gasteiger partial charge in [-0.15, -0.1) is 0 Å². The molecule has 33 heavy (non-hydrogen) atoms. The van der Waals surface area contributed by atoms with E-state index in [0.29, 0.717) is 0 Å². The fourth-order valence-corrected chi connectivity index (χ4v) is 5.47. The number of nitrogens with zero attached hydrogens (tertiary/aromatic N) is 3. The first-order valence-corrected chi connectivity index (χ1v) is 11.8. The molecule has 0 saturated carbocycles. The van der Waals surface area contributed by atoms with Gasteiger partial charge in [0, 0.05) is 22.8 Å². The van der Waals surface area contributed by atoms with E-state index in [-0.39, 0.29) is 38.8 Å². The Balaban J connectivity index is 1.81. The fourth-order valence-electron chi connectivity index (χ4n) is 3.61. The minimum absolute atomic E-state index is 0.128. The van der Waals surface area contributed by atoms with E-state index in [1.165, 1.54) is 38.2 Å². The maximum atomic E-state index is 14.9. The number of hydrogen-bond acceptors (Lipinski definition) is 7. The summed E-state index contributed by atoms with van der Waals surface area (Å²) in [6.45, 7) is 1.77. The van der Waals surface area contributed by atoms with Crippen molar-refractivity contribution >= 4 is 50.4 Å². The summed E-state index contributed by atoms with van der Waals surface area (Å²) in [4.78, 5) is 12.3. The summed E-state index contributed by atoms with van der Waals surface area (Å²) >= 11 is 5.90. The van der Waals surface area contributed by atoms with Crippen LogP contribution >= 0.6 is 22.2 Å². The second-order valence-electron chi connectivity index (χ2n) is 8.31. The van der Waals surface area contributed by atoms with Crippen LogP contribution in [0.25, 0.3) is 10.9 Å². The molecule has 176 valence electrons. The molecule has 0 saturated heterocycles. The highest BCUT2D eigenvalue weighted by Gasteiger charge is 2.51. The van der Waals surface area contributed by atoms with Gasteiger partial charge >= 0.3 is 0 Å². The van der Waals surface area contributed by atoms with Crippen LogP contribution in [0, 0.1) is 11.6 Å². The summed E-state index contributed by atoms with van der Waals surface area (Å²) in [6, 6.07) is 5.14. The van der Waals surface area contributed by atoms with Gasteiger partial charge in [-0.2, -0.15) is 10.6 Å². The van der Waals surface area contributed by atoms with E-state index in [9.17, 15) is 22.3 Å². The molecule has 0 spiro atoms. The molecule has 3 heterocycles. The average molecular weight is 500 g/mol. The van der Waals surface area contributed by atoms with Gasteiger partial charge < -0.3 is 11.1 Å². The van der Waals surface area contributed by atoms with E-state index in [2.05, 4.69) is 20.3 Å². The van der Waals surface area contributed by atoms with Gasteiger partial charge in [0.25, 0.3) is 0 Å². The molecule has 3 aromatic rings. The Morgan fingerprint density at radius 3 is 2.55 bits per heavy atom. The SMILES string of the molecule is CC1(C)C(N)=N[C@](CF)(c2cc(Nc3ncc(F)c4cc(Cl)cnc34)ccc2F)CS1(O)O. The molecule has 0 unspecified atom stereocenters. The first-order chi connectivity index (χ1) is 15.4. The standard InChI is InChI=1S/C21H21ClF3N5O2S/c1-20(2)19(26)30-21(9-23,10-33(20,31)32)14-6-12(3-4-15(14)24)29-18-17-13(16(25)8-28-18)5-11(22)7-27-17/h3-8,31-32H,9-10H2,1-2H3,(H2,26,30)(H,28,29)/t21-/m0/s1. The van der Waals surface area contributed by atoms with Crippen LogP contribution in [0.15, 0.2) is 41.7 Å². The highest BCUT2D eigenvalue weighted by atomic mass is 35.5. The number of hydrogen-bond donors (Lipinski definition) is 4. The second kappa shape index (κ2) is 8.01. The van der Waals surface area contributed by atoms with Gasteiger partial charge in [-0.25, -0.2) is 18.2 Å². The Morgan fingerprint density at radius 1 is 1.15 bits per heavy atom. The molecular formula is C21H21ClF3N5O2S. The molecule has 4 rings (SSSR count). The summed E-state index contributed by atoms with van der Waals surface area (Å²) in [7, 11) is -3.46. The lowest BCUT2D eigenvalue weighted by molar-refractivity contribution is 0.312. The zero-order valence-corrected chi connectivity index (χ0v) is 19.2. The van der Waals surface area contributed by atoms with Crippen molar-refractivity contribution in [2.24, 2.45) is 10.7 Å². The van der Waals surface area contributed by atoms with Crippen molar-refractivity contribution in [3.05, 3.63) is 58.9 Å². The Hall–Kier alpha value is -2.60. The number of nitrogens with one attached hydrogen (secondary N) is 1. The number of fused-ring (bicyclic) bond motifs is 1. The van der Waals surface area contributed by atoms with Crippen molar-refractivity contribution in [2.75, 3.05) is 17.7 Å². The van der Waals surface area contributed by atoms with Gasteiger partial charge in [0.15, 0.2) is 11.6 Å². The van der Waals surface area contributed by atoms with E-state index >= 15 is 0 Å². The quantitative estimate of drug-likeness (QED) is 0.383. The molecule has 0 aliphatic carbocycles. The first kappa shape index (κ1) is 23.6. The highest BCUT2D eigenvalue weighted by molar-refractivity contribution is 8.26. The van der Waals surface area contributed by atoms with E-state index in [4.69, 9.17) is 17.3 Å². The number of anilines is 2. The molecule has 0 fully saturated rings. The number of pyridine rings is 2. The molecule has 0 bridgehead atoms. The van der Waals surface area contributed by atoms with Gasteiger partial charge in [-0.05, 0) is 38.1 Å². The number of halogens is 4. The smallest absolute Gasteiger partial charge is 0.157 e. The Morgan fingerprint density at radius 2 is 1.88 bits per heavy atom. The summed E-state index contributed by atoms with van der Waals surface area (Å²) in [5.74, 6) is -1.99. The number of aliphatic imine (C=N–C) groups is 1. The van der Waals surface area contributed by atoms with Gasteiger partial charge in [0.2, 0.25) is 0 Å². The normalized spacial score (nSPS) is 22.6. The van der Waals surface area contributed by atoms with Gasteiger partial charge in [-0.3, -0.25) is 19.1 Å². The molecular weight excluding hydrogens is 479 g/mol. The van der Waals surface area contributed by atoms with Crippen molar-refractivity contribution < 1.29 is 22.3 Å². The first-order valence-electron chi connectivity index (χ1n) is 9.74. The lowest BCUT2D eigenvalue weighted by Crippen LogP contribution is -2.53. The third kappa shape index (κ3) is 3.88.